The number of aryl methyl sites for hydroxylation is 2. The Morgan fingerprint density at radius 2 is 2.04 bits per heavy atom. The summed E-state index contributed by atoms with van der Waals surface area (Å²) in [6, 6.07) is 8.46. The summed E-state index contributed by atoms with van der Waals surface area (Å²) in [6.45, 7) is 6.52. The van der Waals surface area contributed by atoms with Gasteiger partial charge in [0, 0.05) is 57.4 Å². The molecule has 0 spiro atoms. The van der Waals surface area contributed by atoms with Crippen molar-refractivity contribution in [2.24, 2.45) is 18.9 Å². The Kier molecular flexibility index (Phi) is 3.88. The first-order chi connectivity index (χ1) is 11.6. The minimum atomic E-state index is 0.173. The summed E-state index contributed by atoms with van der Waals surface area (Å²) in [5.41, 5.74) is 3.71. The molecule has 2 aliphatic rings. The molecule has 2 aromatic rings. The van der Waals surface area contributed by atoms with Crippen LogP contribution in [0.1, 0.15) is 16.7 Å². The van der Waals surface area contributed by atoms with E-state index in [1.807, 2.05) is 22.8 Å². The minimum Gasteiger partial charge on any atom is -0.338 e. The van der Waals surface area contributed by atoms with E-state index in [9.17, 15) is 4.79 Å². The summed E-state index contributed by atoms with van der Waals surface area (Å²) >= 11 is 0. The number of likely N-dealkylation sites (tertiary alicyclic amines) is 2. The Hall–Kier alpha value is -2.14. The summed E-state index contributed by atoms with van der Waals surface area (Å²) in [5.74, 6) is 0.973. The molecule has 0 N–H and O–H groups in total. The first-order valence-corrected chi connectivity index (χ1v) is 8.63. The van der Waals surface area contributed by atoms with Gasteiger partial charge in [-0.2, -0.15) is 5.10 Å². The largest absolute Gasteiger partial charge is 0.338 e. The van der Waals surface area contributed by atoms with E-state index >= 15 is 0 Å². The van der Waals surface area contributed by atoms with Crippen molar-refractivity contribution in [1.82, 2.24) is 19.6 Å². The Labute approximate surface area is 142 Å². The number of nitrogens with zero attached hydrogens (tertiary/aromatic N) is 4. The molecule has 0 unspecified atom stereocenters. The fourth-order valence-corrected chi connectivity index (χ4v) is 4.15. The highest BCUT2D eigenvalue weighted by atomic mass is 16.2. The number of rotatable bonds is 4. The number of hydrogen-bond donors (Lipinski definition) is 0. The van der Waals surface area contributed by atoms with E-state index in [0.29, 0.717) is 11.8 Å². The van der Waals surface area contributed by atoms with Crippen LogP contribution in [0.3, 0.4) is 0 Å². The summed E-state index contributed by atoms with van der Waals surface area (Å²) in [7, 11) is 1.94. The van der Waals surface area contributed by atoms with E-state index in [1.54, 1.807) is 0 Å². The zero-order valence-electron chi connectivity index (χ0n) is 14.4. The van der Waals surface area contributed by atoms with E-state index in [0.717, 1.165) is 32.7 Å². The second-order valence-corrected chi connectivity index (χ2v) is 7.29. The van der Waals surface area contributed by atoms with Gasteiger partial charge in [-0.1, -0.05) is 29.8 Å². The maximum Gasteiger partial charge on any atom is 0.227 e. The number of aromatic nitrogens is 2. The summed E-state index contributed by atoms with van der Waals surface area (Å²) < 4.78 is 1.83. The molecule has 1 aromatic heterocycles. The molecule has 0 radical (unpaired) electrons. The van der Waals surface area contributed by atoms with Crippen molar-refractivity contribution in [3.05, 3.63) is 53.3 Å². The Morgan fingerprint density at radius 1 is 1.17 bits per heavy atom. The molecule has 5 heteroatoms. The van der Waals surface area contributed by atoms with Crippen molar-refractivity contribution in [3.8, 4) is 0 Å². The summed E-state index contributed by atoms with van der Waals surface area (Å²) in [6.07, 6.45) is 3.97. The van der Waals surface area contributed by atoms with E-state index in [1.165, 1.54) is 16.7 Å². The Balaban J connectivity index is 1.37. The number of carbonyl (C=O) groups is 1. The van der Waals surface area contributed by atoms with Gasteiger partial charge in [0.25, 0.3) is 0 Å². The molecule has 0 bridgehead atoms. The number of hydrogen-bond acceptors (Lipinski definition) is 3. The lowest BCUT2D eigenvalue weighted by atomic mass is 10.0. The van der Waals surface area contributed by atoms with Crippen molar-refractivity contribution >= 4 is 5.91 Å². The quantitative estimate of drug-likeness (QED) is 0.861. The van der Waals surface area contributed by atoms with Gasteiger partial charge in [-0.05, 0) is 12.5 Å². The molecule has 2 saturated heterocycles. The van der Waals surface area contributed by atoms with Crippen molar-refractivity contribution in [3.63, 3.8) is 0 Å². The molecular weight excluding hydrogens is 300 g/mol. The SMILES string of the molecule is Cc1cccc(CN2C[C@@H]3CN(Cc4cnn(C)c4)C[C@@H]3C2=O)c1. The van der Waals surface area contributed by atoms with E-state index in [-0.39, 0.29) is 5.92 Å². The maximum atomic E-state index is 12.8. The van der Waals surface area contributed by atoms with Crippen molar-refractivity contribution in [2.75, 3.05) is 19.6 Å². The molecule has 4 rings (SSSR count). The van der Waals surface area contributed by atoms with Crippen molar-refractivity contribution in [1.29, 1.82) is 0 Å². The highest BCUT2D eigenvalue weighted by Gasteiger charge is 2.45. The summed E-state index contributed by atoms with van der Waals surface area (Å²) in [5, 5.41) is 4.23. The van der Waals surface area contributed by atoms with Crippen LogP contribution >= 0.6 is 0 Å². The molecule has 0 saturated carbocycles. The van der Waals surface area contributed by atoms with Gasteiger partial charge in [0.2, 0.25) is 5.91 Å². The van der Waals surface area contributed by atoms with Crippen LogP contribution in [0.5, 0.6) is 0 Å². The van der Waals surface area contributed by atoms with E-state index in [4.69, 9.17) is 0 Å². The molecule has 2 aliphatic heterocycles. The number of amides is 1. The minimum absolute atomic E-state index is 0.173. The summed E-state index contributed by atoms with van der Waals surface area (Å²) in [4.78, 5) is 17.2. The lowest BCUT2D eigenvalue weighted by molar-refractivity contribution is -0.131. The topological polar surface area (TPSA) is 41.4 Å². The first-order valence-electron chi connectivity index (χ1n) is 8.63. The Morgan fingerprint density at radius 3 is 2.75 bits per heavy atom. The molecule has 2 fully saturated rings. The zero-order chi connectivity index (χ0) is 16.7. The van der Waals surface area contributed by atoms with Crippen molar-refractivity contribution in [2.45, 2.75) is 20.0 Å². The van der Waals surface area contributed by atoms with Gasteiger partial charge in [0.05, 0.1) is 12.1 Å². The lowest BCUT2D eigenvalue weighted by Crippen LogP contribution is -2.32. The molecule has 126 valence electrons. The fraction of sp³-hybridized carbons (Fsp3) is 0.474. The molecule has 3 heterocycles. The van der Waals surface area contributed by atoms with Gasteiger partial charge in [0.15, 0.2) is 0 Å². The molecule has 2 atom stereocenters. The van der Waals surface area contributed by atoms with Crippen LogP contribution in [-0.2, 0) is 24.9 Å². The molecular formula is C19H24N4O. The first kappa shape index (κ1) is 15.4. The fourth-order valence-electron chi connectivity index (χ4n) is 4.15. The number of fused-ring (bicyclic) bond motifs is 1. The van der Waals surface area contributed by atoms with Gasteiger partial charge < -0.3 is 4.90 Å². The normalized spacial score (nSPS) is 23.9. The predicted molar refractivity (Wildman–Crippen MR) is 92.1 cm³/mol. The second kappa shape index (κ2) is 6.06. The van der Waals surface area contributed by atoms with Crippen LogP contribution in [0.15, 0.2) is 36.7 Å². The monoisotopic (exact) mass is 324 g/mol. The zero-order valence-corrected chi connectivity index (χ0v) is 14.4. The van der Waals surface area contributed by atoms with Gasteiger partial charge in [-0.3, -0.25) is 14.4 Å². The van der Waals surface area contributed by atoms with Crippen LogP contribution in [0, 0.1) is 18.8 Å². The third-order valence-corrected chi connectivity index (χ3v) is 5.22. The van der Waals surface area contributed by atoms with Gasteiger partial charge >= 0.3 is 0 Å². The molecule has 1 aromatic carbocycles. The highest BCUT2D eigenvalue weighted by Crippen LogP contribution is 2.33. The van der Waals surface area contributed by atoms with E-state index in [2.05, 4.69) is 47.4 Å². The second-order valence-electron chi connectivity index (χ2n) is 7.29. The highest BCUT2D eigenvalue weighted by molar-refractivity contribution is 5.82. The van der Waals surface area contributed by atoms with Crippen LogP contribution in [-0.4, -0.2) is 45.1 Å². The van der Waals surface area contributed by atoms with Crippen LogP contribution < -0.4 is 0 Å². The average Bonchev–Trinajstić information content (AvgIpc) is 3.19. The molecule has 5 nitrogen and oxygen atoms in total. The number of carbonyl (C=O) groups excluding carboxylic acids is 1. The predicted octanol–water partition coefficient (Wildman–Crippen LogP) is 1.82. The molecule has 1 amide bonds. The van der Waals surface area contributed by atoms with E-state index < -0.39 is 0 Å². The standard InChI is InChI=1S/C19H24N4O/c1-14-4-3-5-15(6-14)10-23-12-17-11-22(13-18(17)19(23)24)9-16-7-20-21(2)8-16/h3-8,17-18H,9-13H2,1-2H3/t17-,18-/m0/s1. The Bertz CT molecular complexity index is 753. The van der Waals surface area contributed by atoms with Crippen LogP contribution in [0.2, 0.25) is 0 Å². The maximum absolute atomic E-state index is 12.8. The lowest BCUT2D eigenvalue weighted by Gasteiger charge is -2.21. The third-order valence-electron chi connectivity index (χ3n) is 5.22. The van der Waals surface area contributed by atoms with Crippen LogP contribution in [0.4, 0.5) is 0 Å². The van der Waals surface area contributed by atoms with Crippen LogP contribution in [0.25, 0.3) is 0 Å². The average molecular weight is 324 g/mol. The van der Waals surface area contributed by atoms with Crippen molar-refractivity contribution < 1.29 is 4.79 Å². The smallest absolute Gasteiger partial charge is 0.227 e. The molecule has 24 heavy (non-hydrogen) atoms. The molecule has 0 aliphatic carbocycles. The number of benzene rings is 1. The van der Waals surface area contributed by atoms with Gasteiger partial charge in [-0.15, -0.1) is 0 Å². The van der Waals surface area contributed by atoms with Gasteiger partial charge in [0.1, 0.15) is 0 Å². The third kappa shape index (κ3) is 2.96. The van der Waals surface area contributed by atoms with Gasteiger partial charge in [-0.25, -0.2) is 0 Å².